The Hall–Kier alpha value is -1.56. The zero-order valence-electron chi connectivity index (χ0n) is 10.0. The highest BCUT2D eigenvalue weighted by Gasteiger charge is 2.21. The van der Waals surface area contributed by atoms with Crippen LogP contribution in [-0.2, 0) is 0 Å². The van der Waals surface area contributed by atoms with Crippen LogP contribution in [-0.4, -0.2) is 35.3 Å². The third kappa shape index (κ3) is 2.48. The predicted molar refractivity (Wildman–Crippen MR) is 72.6 cm³/mol. The van der Waals surface area contributed by atoms with Gasteiger partial charge in [0.05, 0.1) is 10.5 Å². The zero-order chi connectivity index (χ0) is 13.1. The number of rotatable bonds is 3. The minimum atomic E-state index is -0.525. The first kappa shape index (κ1) is 12.9. The number of nitrogens with zero attached hydrogens (tertiary/aromatic N) is 2. The number of aldehydes is 1. The summed E-state index contributed by atoms with van der Waals surface area (Å²) in [4.78, 5) is 23.3. The average Bonchev–Trinajstić information content (AvgIpc) is 2.38. The molecule has 1 aliphatic rings. The van der Waals surface area contributed by atoms with Gasteiger partial charge in [0, 0.05) is 35.8 Å². The number of nitro groups is 1. The summed E-state index contributed by atoms with van der Waals surface area (Å²) in [5, 5.41) is 10.8. The molecule has 1 aromatic carbocycles. The van der Waals surface area contributed by atoms with Gasteiger partial charge in [-0.2, -0.15) is 11.8 Å². The van der Waals surface area contributed by atoms with Crippen LogP contribution >= 0.6 is 11.8 Å². The lowest BCUT2D eigenvalue weighted by Gasteiger charge is -2.35. The molecule has 1 atom stereocenters. The molecule has 0 bridgehead atoms. The van der Waals surface area contributed by atoms with Crippen LogP contribution in [0.5, 0.6) is 0 Å². The molecule has 0 radical (unpaired) electrons. The van der Waals surface area contributed by atoms with Crippen molar-refractivity contribution in [3.63, 3.8) is 0 Å². The molecule has 5 nitrogen and oxygen atoms in total. The van der Waals surface area contributed by atoms with E-state index in [1.54, 1.807) is 12.1 Å². The molecule has 1 unspecified atom stereocenters. The van der Waals surface area contributed by atoms with E-state index in [0.717, 1.165) is 23.7 Å². The molecule has 1 fully saturated rings. The van der Waals surface area contributed by atoms with E-state index >= 15 is 0 Å². The minimum Gasteiger partial charge on any atom is -0.367 e. The molecule has 6 heteroatoms. The molecule has 1 aliphatic heterocycles. The molecule has 1 saturated heterocycles. The number of hydrogen-bond donors (Lipinski definition) is 0. The van der Waals surface area contributed by atoms with E-state index in [9.17, 15) is 14.9 Å². The van der Waals surface area contributed by atoms with Crippen molar-refractivity contribution in [3.8, 4) is 0 Å². The van der Waals surface area contributed by atoms with E-state index in [2.05, 4.69) is 11.8 Å². The van der Waals surface area contributed by atoms with Gasteiger partial charge in [0.25, 0.3) is 5.69 Å². The Bertz CT molecular complexity index is 478. The Balaban J connectivity index is 2.34. The maximum absolute atomic E-state index is 10.9. The number of benzene rings is 1. The van der Waals surface area contributed by atoms with Crippen molar-refractivity contribution in [2.45, 2.75) is 13.0 Å². The van der Waals surface area contributed by atoms with Crippen molar-refractivity contribution >= 4 is 29.4 Å². The van der Waals surface area contributed by atoms with Gasteiger partial charge in [0.15, 0.2) is 6.29 Å². The summed E-state index contributed by atoms with van der Waals surface area (Å²) in [5.74, 6) is 2.07. The molecule has 0 N–H and O–H groups in total. The molecule has 18 heavy (non-hydrogen) atoms. The topological polar surface area (TPSA) is 63.4 Å². The van der Waals surface area contributed by atoms with Crippen molar-refractivity contribution in [2.24, 2.45) is 0 Å². The summed E-state index contributed by atoms with van der Waals surface area (Å²) in [6.07, 6.45) is 0.547. The van der Waals surface area contributed by atoms with Crippen molar-refractivity contribution in [2.75, 3.05) is 23.0 Å². The number of hydrogen-bond acceptors (Lipinski definition) is 5. The fourth-order valence-electron chi connectivity index (χ4n) is 2.09. The van der Waals surface area contributed by atoms with Crippen LogP contribution in [0.1, 0.15) is 17.3 Å². The first-order chi connectivity index (χ1) is 8.63. The number of carbonyl (C=O) groups excluding carboxylic acids is 1. The summed E-state index contributed by atoms with van der Waals surface area (Å²) >= 11 is 1.90. The van der Waals surface area contributed by atoms with Crippen LogP contribution in [0.4, 0.5) is 11.4 Å². The molecule has 2 rings (SSSR count). The monoisotopic (exact) mass is 266 g/mol. The van der Waals surface area contributed by atoms with Crippen molar-refractivity contribution in [1.82, 2.24) is 0 Å². The van der Waals surface area contributed by atoms with Gasteiger partial charge in [-0.1, -0.05) is 0 Å². The lowest BCUT2D eigenvalue weighted by Crippen LogP contribution is -2.40. The second kappa shape index (κ2) is 5.39. The molecular formula is C12H14N2O3S. The summed E-state index contributed by atoms with van der Waals surface area (Å²) in [7, 11) is 0. The Kier molecular flexibility index (Phi) is 3.86. The van der Waals surface area contributed by atoms with E-state index in [4.69, 9.17) is 0 Å². The lowest BCUT2D eigenvalue weighted by molar-refractivity contribution is -0.385. The number of anilines is 1. The smallest absolute Gasteiger partial charge is 0.280 e. The highest BCUT2D eigenvalue weighted by Crippen LogP contribution is 2.28. The van der Waals surface area contributed by atoms with Crippen LogP contribution in [0, 0.1) is 10.1 Å². The second-order valence-corrected chi connectivity index (χ2v) is 5.39. The maximum Gasteiger partial charge on any atom is 0.280 e. The van der Waals surface area contributed by atoms with E-state index in [-0.39, 0.29) is 11.3 Å². The lowest BCUT2D eigenvalue weighted by atomic mass is 10.1. The van der Waals surface area contributed by atoms with Gasteiger partial charge in [-0.15, -0.1) is 0 Å². The zero-order valence-corrected chi connectivity index (χ0v) is 10.9. The Morgan fingerprint density at radius 3 is 2.94 bits per heavy atom. The van der Waals surface area contributed by atoms with Gasteiger partial charge in [0.2, 0.25) is 0 Å². The highest BCUT2D eigenvalue weighted by atomic mass is 32.2. The Labute approximate surface area is 109 Å². The molecule has 0 aromatic heterocycles. The third-order valence-corrected chi connectivity index (χ3v) is 4.22. The standard InChI is InChI=1S/C12H14N2O3S/c1-9-8-18-5-4-13(9)11-2-3-12(14(16)17)10(6-11)7-15/h2-3,6-7,9H,4-5,8H2,1H3. The van der Waals surface area contributed by atoms with Crippen LogP contribution < -0.4 is 4.90 Å². The fraction of sp³-hybridized carbons (Fsp3) is 0.417. The Morgan fingerprint density at radius 2 is 2.33 bits per heavy atom. The predicted octanol–water partition coefficient (Wildman–Crippen LogP) is 2.35. The molecule has 0 aliphatic carbocycles. The molecule has 1 heterocycles. The largest absolute Gasteiger partial charge is 0.367 e. The van der Waals surface area contributed by atoms with Gasteiger partial charge in [-0.05, 0) is 19.1 Å². The summed E-state index contributed by atoms with van der Waals surface area (Å²) in [5.41, 5.74) is 0.895. The minimum absolute atomic E-state index is 0.132. The molecule has 1 aromatic rings. The molecule has 0 saturated carbocycles. The molecule has 96 valence electrons. The van der Waals surface area contributed by atoms with Crippen LogP contribution in [0.25, 0.3) is 0 Å². The highest BCUT2D eigenvalue weighted by molar-refractivity contribution is 7.99. The summed E-state index contributed by atoms with van der Waals surface area (Å²) in [6.45, 7) is 3.02. The van der Waals surface area contributed by atoms with Crippen LogP contribution in [0.15, 0.2) is 18.2 Å². The molecular weight excluding hydrogens is 252 g/mol. The Morgan fingerprint density at radius 1 is 1.56 bits per heavy atom. The SMILES string of the molecule is CC1CSCCN1c1ccc([N+](=O)[O-])c(C=O)c1. The van der Waals surface area contributed by atoms with Gasteiger partial charge in [0.1, 0.15) is 0 Å². The first-order valence-electron chi connectivity index (χ1n) is 5.71. The van der Waals surface area contributed by atoms with Gasteiger partial charge < -0.3 is 4.90 Å². The van der Waals surface area contributed by atoms with Crippen molar-refractivity contribution in [3.05, 3.63) is 33.9 Å². The quantitative estimate of drug-likeness (QED) is 0.477. The second-order valence-electron chi connectivity index (χ2n) is 4.24. The number of carbonyl (C=O) groups is 1. The average molecular weight is 266 g/mol. The normalized spacial score (nSPS) is 19.6. The van der Waals surface area contributed by atoms with Gasteiger partial charge in [-0.25, -0.2) is 0 Å². The third-order valence-electron chi connectivity index (χ3n) is 3.03. The van der Waals surface area contributed by atoms with Crippen molar-refractivity contribution < 1.29 is 9.72 Å². The van der Waals surface area contributed by atoms with Crippen LogP contribution in [0.3, 0.4) is 0 Å². The summed E-state index contributed by atoms with van der Waals surface area (Å²) in [6, 6.07) is 5.12. The van der Waals surface area contributed by atoms with Gasteiger partial charge in [-0.3, -0.25) is 14.9 Å². The van der Waals surface area contributed by atoms with E-state index in [0.29, 0.717) is 12.3 Å². The van der Waals surface area contributed by atoms with E-state index in [1.807, 2.05) is 11.8 Å². The van der Waals surface area contributed by atoms with Crippen LogP contribution in [0.2, 0.25) is 0 Å². The fourth-order valence-corrected chi connectivity index (χ4v) is 3.11. The number of nitro benzene ring substituents is 1. The first-order valence-corrected chi connectivity index (χ1v) is 6.87. The van der Waals surface area contributed by atoms with Gasteiger partial charge >= 0.3 is 0 Å². The molecule has 0 spiro atoms. The van der Waals surface area contributed by atoms with E-state index in [1.165, 1.54) is 6.07 Å². The van der Waals surface area contributed by atoms with Crippen molar-refractivity contribution in [1.29, 1.82) is 0 Å². The maximum atomic E-state index is 10.9. The summed E-state index contributed by atoms with van der Waals surface area (Å²) < 4.78 is 0. The number of thioether (sulfide) groups is 1. The molecule has 0 amide bonds. The van der Waals surface area contributed by atoms with E-state index < -0.39 is 4.92 Å².